The average Bonchev–Trinajstić information content (AvgIpc) is 2.20. The van der Waals surface area contributed by atoms with E-state index in [0.717, 1.165) is 12.3 Å². The van der Waals surface area contributed by atoms with Crippen LogP contribution in [-0.4, -0.2) is 11.7 Å². The minimum Gasteiger partial charge on any atom is -0.396 e. The molecule has 0 unspecified atom stereocenters. The summed E-state index contributed by atoms with van der Waals surface area (Å²) in [6, 6.07) is 0. The van der Waals surface area contributed by atoms with E-state index in [4.69, 9.17) is 5.11 Å². The lowest BCUT2D eigenvalue weighted by atomic mass is 10.1. The van der Waals surface area contributed by atoms with Crippen molar-refractivity contribution in [3.63, 3.8) is 0 Å². The molecule has 0 saturated heterocycles. The van der Waals surface area contributed by atoms with Crippen molar-refractivity contribution < 1.29 is 5.11 Å². The van der Waals surface area contributed by atoms with E-state index in [-0.39, 0.29) is 0 Å². The van der Waals surface area contributed by atoms with E-state index in [0.29, 0.717) is 6.61 Å². The predicted octanol–water partition coefficient (Wildman–Crippen LogP) is 4.78. The van der Waals surface area contributed by atoms with Crippen LogP contribution in [-0.2, 0) is 0 Å². The summed E-state index contributed by atoms with van der Waals surface area (Å²) in [6.07, 6.45) is 10.3. The molecule has 0 spiro atoms. The molecule has 0 bridgehead atoms. The van der Waals surface area contributed by atoms with Crippen LogP contribution in [0, 0.1) is 5.92 Å². The number of hydrogen-bond donors (Lipinski definition) is 1. The Morgan fingerprint density at radius 2 is 1.33 bits per heavy atom. The van der Waals surface area contributed by atoms with Gasteiger partial charge in [-0.2, -0.15) is 0 Å². The fourth-order valence-corrected chi connectivity index (χ4v) is 1.34. The molecule has 1 N–H and O–H groups in total. The first-order valence-corrected chi connectivity index (χ1v) is 6.79. The summed E-state index contributed by atoms with van der Waals surface area (Å²) >= 11 is 0. The summed E-state index contributed by atoms with van der Waals surface area (Å²) in [5.41, 5.74) is 0. The molecule has 0 amide bonds. The van der Waals surface area contributed by atoms with Crippen molar-refractivity contribution in [1.29, 1.82) is 0 Å². The van der Waals surface area contributed by atoms with Crippen molar-refractivity contribution >= 4 is 0 Å². The first-order valence-electron chi connectivity index (χ1n) is 6.79. The van der Waals surface area contributed by atoms with Crippen LogP contribution in [0.1, 0.15) is 79.1 Å². The maximum atomic E-state index is 8.29. The maximum Gasteiger partial charge on any atom is 0.0431 e. The second-order valence-electron chi connectivity index (χ2n) is 4.67. The number of hydrogen-bond acceptors (Lipinski definition) is 1. The molecule has 0 aliphatic carbocycles. The van der Waals surface area contributed by atoms with Gasteiger partial charge >= 0.3 is 0 Å². The van der Waals surface area contributed by atoms with Crippen molar-refractivity contribution in [2.75, 3.05) is 6.61 Å². The van der Waals surface area contributed by atoms with Gasteiger partial charge in [0, 0.05) is 6.61 Å². The number of aliphatic hydroxyl groups excluding tert-OH is 1. The highest BCUT2D eigenvalue weighted by atomic mass is 16.2. The molecular formula is C14H32O. The number of unbranched alkanes of at least 4 members (excludes halogenated alkanes) is 5. The van der Waals surface area contributed by atoms with Gasteiger partial charge in [-0.15, -0.1) is 0 Å². The molecule has 0 atom stereocenters. The summed E-state index contributed by atoms with van der Waals surface area (Å²) in [5.74, 6) is 0.904. The minimum atomic E-state index is 0.361. The lowest BCUT2D eigenvalue weighted by Gasteiger charge is -2.00. The van der Waals surface area contributed by atoms with Crippen molar-refractivity contribution in [3.8, 4) is 0 Å². The molecule has 0 saturated carbocycles. The SMILES string of the molecule is CCCCCC(C)C.CCCCCCO. The number of aliphatic hydroxyl groups is 1. The van der Waals surface area contributed by atoms with Gasteiger partial charge in [-0.25, -0.2) is 0 Å². The second-order valence-corrected chi connectivity index (χ2v) is 4.67. The van der Waals surface area contributed by atoms with Gasteiger partial charge in [0.05, 0.1) is 0 Å². The van der Waals surface area contributed by atoms with Crippen LogP contribution in [0.4, 0.5) is 0 Å². The Kier molecular flexibility index (Phi) is 19.0. The molecule has 0 aromatic rings. The zero-order valence-corrected chi connectivity index (χ0v) is 11.4. The average molecular weight is 216 g/mol. The van der Waals surface area contributed by atoms with Crippen molar-refractivity contribution in [2.45, 2.75) is 79.1 Å². The van der Waals surface area contributed by atoms with Crippen LogP contribution in [0.5, 0.6) is 0 Å². The molecule has 0 heterocycles. The van der Waals surface area contributed by atoms with E-state index in [1.165, 1.54) is 44.9 Å². The van der Waals surface area contributed by atoms with Gasteiger partial charge in [0.15, 0.2) is 0 Å². The normalized spacial score (nSPS) is 10.0. The van der Waals surface area contributed by atoms with E-state index in [1.807, 2.05) is 0 Å². The van der Waals surface area contributed by atoms with Gasteiger partial charge in [-0.05, 0) is 12.3 Å². The van der Waals surface area contributed by atoms with Crippen LogP contribution < -0.4 is 0 Å². The fraction of sp³-hybridized carbons (Fsp3) is 1.00. The molecule has 94 valence electrons. The molecule has 0 radical (unpaired) electrons. The molecule has 0 aromatic carbocycles. The Bertz CT molecular complexity index is 85.3. The van der Waals surface area contributed by atoms with E-state index < -0.39 is 0 Å². The zero-order valence-electron chi connectivity index (χ0n) is 11.4. The second kappa shape index (κ2) is 16.4. The van der Waals surface area contributed by atoms with Crippen LogP contribution in [0.3, 0.4) is 0 Å². The zero-order chi connectivity index (χ0) is 11.9. The van der Waals surface area contributed by atoms with Crippen LogP contribution in [0.15, 0.2) is 0 Å². The topological polar surface area (TPSA) is 20.2 Å². The first-order chi connectivity index (χ1) is 7.18. The Morgan fingerprint density at radius 3 is 1.73 bits per heavy atom. The molecule has 0 aliphatic rings. The lowest BCUT2D eigenvalue weighted by Crippen LogP contribution is -1.85. The van der Waals surface area contributed by atoms with Crippen molar-refractivity contribution in [3.05, 3.63) is 0 Å². The first kappa shape index (κ1) is 17.4. The molecule has 0 aromatic heterocycles. The molecule has 1 heteroatoms. The Morgan fingerprint density at radius 1 is 0.800 bits per heavy atom. The highest BCUT2D eigenvalue weighted by Gasteiger charge is 1.90. The summed E-state index contributed by atoms with van der Waals surface area (Å²) in [4.78, 5) is 0. The maximum absolute atomic E-state index is 8.29. The third-order valence-corrected chi connectivity index (χ3v) is 2.40. The smallest absolute Gasteiger partial charge is 0.0431 e. The molecule has 15 heavy (non-hydrogen) atoms. The quantitative estimate of drug-likeness (QED) is 0.579. The van der Waals surface area contributed by atoms with E-state index >= 15 is 0 Å². The summed E-state index contributed by atoms with van der Waals surface area (Å²) in [6.45, 7) is 9.35. The van der Waals surface area contributed by atoms with Crippen molar-refractivity contribution in [1.82, 2.24) is 0 Å². The molecule has 1 nitrogen and oxygen atoms in total. The molecular weight excluding hydrogens is 184 g/mol. The third-order valence-electron chi connectivity index (χ3n) is 2.40. The van der Waals surface area contributed by atoms with Gasteiger partial charge in [0.25, 0.3) is 0 Å². The summed E-state index contributed by atoms with van der Waals surface area (Å²) < 4.78 is 0. The largest absolute Gasteiger partial charge is 0.396 e. The highest BCUT2D eigenvalue weighted by Crippen LogP contribution is 2.06. The van der Waals surface area contributed by atoms with Crippen LogP contribution in [0.2, 0.25) is 0 Å². The van der Waals surface area contributed by atoms with Gasteiger partial charge in [-0.1, -0.05) is 72.6 Å². The van der Waals surface area contributed by atoms with E-state index in [2.05, 4.69) is 27.7 Å². The van der Waals surface area contributed by atoms with Gasteiger partial charge in [0.1, 0.15) is 0 Å². The summed E-state index contributed by atoms with van der Waals surface area (Å²) in [5, 5.41) is 8.29. The predicted molar refractivity (Wildman–Crippen MR) is 70.2 cm³/mol. The standard InChI is InChI=1S/C8H18.C6H14O/c1-4-5-6-7-8(2)3;1-2-3-4-5-6-7/h8H,4-7H2,1-3H3;7H,2-6H2,1H3. The summed E-state index contributed by atoms with van der Waals surface area (Å²) in [7, 11) is 0. The van der Waals surface area contributed by atoms with Crippen molar-refractivity contribution in [2.24, 2.45) is 5.92 Å². The van der Waals surface area contributed by atoms with Gasteiger partial charge in [0.2, 0.25) is 0 Å². The monoisotopic (exact) mass is 216 g/mol. The van der Waals surface area contributed by atoms with Crippen LogP contribution >= 0.6 is 0 Å². The van der Waals surface area contributed by atoms with Crippen LogP contribution in [0.25, 0.3) is 0 Å². The van der Waals surface area contributed by atoms with E-state index in [1.54, 1.807) is 0 Å². The lowest BCUT2D eigenvalue weighted by molar-refractivity contribution is 0.283. The fourth-order valence-electron chi connectivity index (χ4n) is 1.34. The molecule has 0 aliphatic heterocycles. The Balaban J connectivity index is 0. The highest BCUT2D eigenvalue weighted by molar-refractivity contribution is 4.44. The van der Waals surface area contributed by atoms with E-state index in [9.17, 15) is 0 Å². The number of rotatable bonds is 8. The third kappa shape index (κ3) is 24.9. The molecule has 0 rings (SSSR count). The minimum absolute atomic E-state index is 0.361. The Labute approximate surface area is 97.3 Å². The molecule has 0 fully saturated rings. The Hall–Kier alpha value is -0.0400. The van der Waals surface area contributed by atoms with Gasteiger partial charge < -0.3 is 5.11 Å². The van der Waals surface area contributed by atoms with Gasteiger partial charge in [-0.3, -0.25) is 0 Å².